The molecule has 0 aliphatic carbocycles. The zero-order valence-corrected chi connectivity index (χ0v) is 11.6. The molecule has 2 N–H and O–H groups in total. The normalized spacial score (nSPS) is 10.3. The molecule has 104 valence electrons. The van der Waals surface area contributed by atoms with Crippen LogP contribution in [0.2, 0.25) is 0 Å². The molecule has 1 aromatic rings. The summed E-state index contributed by atoms with van der Waals surface area (Å²) < 4.78 is 0. The Morgan fingerprint density at radius 1 is 1.47 bits per heavy atom. The lowest BCUT2D eigenvalue weighted by Crippen LogP contribution is -2.34. The molecule has 0 saturated carbocycles. The van der Waals surface area contributed by atoms with Gasteiger partial charge in [-0.1, -0.05) is 18.2 Å². The maximum absolute atomic E-state index is 12.5. The minimum atomic E-state index is -0.0994. The fourth-order valence-corrected chi connectivity index (χ4v) is 1.83. The number of rotatable bonds is 7. The second kappa shape index (κ2) is 7.59. The standard InChI is InChI=1S/C15H22N2O2/c1-4-9-17(10-11-18)15(19)13-7-5-6-8-14(13)16-12(2)3/h4-8,12,16,18H,1,9-11H2,2-3H3. The highest BCUT2D eigenvalue weighted by Gasteiger charge is 2.17. The van der Waals surface area contributed by atoms with E-state index in [4.69, 9.17) is 5.11 Å². The number of amides is 1. The lowest BCUT2D eigenvalue weighted by atomic mass is 10.1. The number of nitrogens with zero attached hydrogens (tertiary/aromatic N) is 1. The summed E-state index contributed by atoms with van der Waals surface area (Å²) in [6, 6.07) is 7.66. The number of carbonyl (C=O) groups is 1. The topological polar surface area (TPSA) is 52.6 Å². The first-order chi connectivity index (χ1) is 9.10. The molecule has 0 aliphatic heterocycles. The molecule has 0 unspecified atom stereocenters. The Kier molecular flexibility index (Phi) is 6.09. The number of hydrogen-bond donors (Lipinski definition) is 2. The number of anilines is 1. The molecule has 0 bridgehead atoms. The summed E-state index contributed by atoms with van der Waals surface area (Å²) in [6.07, 6.45) is 1.66. The molecule has 4 heteroatoms. The fourth-order valence-electron chi connectivity index (χ4n) is 1.83. The van der Waals surface area contributed by atoms with Crippen LogP contribution in [0.4, 0.5) is 5.69 Å². The van der Waals surface area contributed by atoms with Crippen molar-refractivity contribution in [3.05, 3.63) is 42.5 Å². The molecule has 4 nitrogen and oxygen atoms in total. The predicted molar refractivity (Wildman–Crippen MR) is 78.4 cm³/mol. The molecule has 0 heterocycles. The van der Waals surface area contributed by atoms with Gasteiger partial charge in [-0.05, 0) is 26.0 Å². The van der Waals surface area contributed by atoms with E-state index >= 15 is 0 Å². The largest absolute Gasteiger partial charge is 0.395 e. The van der Waals surface area contributed by atoms with Gasteiger partial charge >= 0.3 is 0 Å². The molecular formula is C15H22N2O2. The molecule has 0 radical (unpaired) electrons. The first kappa shape index (κ1) is 15.2. The van der Waals surface area contributed by atoms with E-state index in [-0.39, 0.29) is 18.6 Å². The second-order valence-corrected chi connectivity index (χ2v) is 4.61. The van der Waals surface area contributed by atoms with Gasteiger partial charge in [-0.3, -0.25) is 4.79 Å². The first-order valence-electron chi connectivity index (χ1n) is 6.46. The Balaban J connectivity index is 2.99. The Morgan fingerprint density at radius 3 is 2.74 bits per heavy atom. The van der Waals surface area contributed by atoms with E-state index in [0.29, 0.717) is 18.7 Å². The smallest absolute Gasteiger partial charge is 0.256 e. The molecule has 1 aromatic carbocycles. The second-order valence-electron chi connectivity index (χ2n) is 4.61. The van der Waals surface area contributed by atoms with Crippen molar-refractivity contribution in [3.8, 4) is 0 Å². The van der Waals surface area contributed by atoms with Gasteiger partial charge in [0.05, 0.1) is 12.2 Å². The fraction of sp³-hybridized carbons (Fsp3) is 0.400. The van der Waals surface area contributed by atoms with Crippen molar-refractivity contribution in [1.29, 1.82) is 0 Å². The number of hydrogen-bond acceptors (Lipinski definition) is 3. The van der Waals surface area contributed by atoms with Crippen molar-refractivity contribution in [2.75, 3.05) is 25.0 Å². The highest BCUT2D eigenvalue weighted by atomic mass is 16.3. The molecule has 0 saturated heterocycles. The summed E-state index contributed by atoms with van der Waals surface area (Å²) in [4.78, 5) is 14.0. The number of benzene rings is 1. The third kappa shape index (κ3) is 4.41. The van der Waals surface area contributed by atoms with E-state index in [2.05, 4.69) is 11.9 Å². The maximum atomic E-state index is 12.5. The Morgan fingerprint density at radius 2 is 2.16 bits per heavy atom. The van der Waals surface area contributed by atoms with Crippen LogP contribution >= 0.6 is 0 Å². The summed E-state index contributed by atoms with van der Waals surface area (Å²) in [5.74, 6) is -0.0994. The van der Waals surface area contributed by atoms with Gasteiger partial charge in [0.2, 0.25) is 0 Å². The number of aliphatic hydroxyl groups excluding tert-OH is 1. The van der Waals surface area contributed by atoms with Crippen molar-refractivity contribution in [2.45, 2.75) is 19.9 Å². The molecule has 0 aliphatic rings. The lowest BCUT2D eigenvalue weighted by Gasteiger charge is -2.22. The minimum Gasteiger partial charge on any atom is -0.395 e. The first-order valence-corrected chi connectivity index (χ1v) is 6.46. The van der Waals surface area contributed by atoms with Crippen molar-refractivity contribution in [2.24, 2.45) is 0 Å². The summed E-state index contributed by atoms with van der Waals surface area (Å²) >= 11 is 0. The molecule has 1 rings (SSSR count). The third-order valence-corrected chi connectivity index (χ3v) is 2.61. The van der Waals surface area contributed by atoms with E-state index in [1.807, 2.05) is 32.0 Å². The van der Waals surface area contributed by atoms with Crippen LogP contribution in [0.25, 0.3) is 0 Å². The number of para-hydroxylation sites is 1. The van der Waals surface area contributed by atoms with E-state index in [9.17, 15) is 4.79 Å². The number of carbonyl (C=O) groups excluding carboxylic acids is 1. The van der Waals surface area contributed by atoms with E-state index < -0.39 is 0 Å². The van der Waals surface area contributed by atoms with Crippen LogP contribution in [0, 0.1) is 0 Å². The summed E-state index contributed by atoms with van der Waals surface area (Å²) in [7, 11) is 0. The Hall–Kier alpha value is -1.81. The van der Waals surface area contributed by atoms with E-state index in [1.165, 1.54) is 0 Å². The van der Waals surface area contributed by atoms with Crippen molar-refractivity contribution < 1.29 is 9.90 Å². The van der Waals surface area contributed by atoms with Crippen LogP contribution in [0.15, 0.2) is 36.9 Å². The van der Waals surface area contributed by atoms with Gasteiger partial charge in [-0.2, -0.15) is 0 Å². The Labute approximate surface area is 114 Å². The van der Waals surface area contributed by atoms with Crippen LogP contribution in [-0.4, -0.2) is 41.7 Å². The van der Waals surface area contributed by atoms with Crippen molar-refractivity contribution >= 4 is 11.6 Å². The van der Waals surface area contributed by atoms with Crippen LogP contribution in [-0.2, 0) is 0 Å². The van der Waals surface area contributed by atoms with Crippen LogP contribution in [0.1, 0.15) is 24.2 Å². The zero-order valence-electron chi connectivity index (χ0n) is 11.6. The van der Waals surface area contributed by atoms with E-state index in [0.717, 1.165) is 5.69 Å². The molecular weight excluding hydrogens is 240 g/mol. The molecule has 19 heavy (non-hydrogen) atoms. The number of aliphatic hydroxyl groups is 1. The Bertz CT molecular complexity index is 430. The molecule has 0 fully saturated rings. The third-order valence-electron chi connectivity index (χ3n) is 2.61. The van der Waals surface area contributed by atoms with Gasteiger partial charge in [-0.15, -0.1) is 6.58 Å². The van der Waals surface area contributed by atoms with Gasteiger partial charge < -0.3 is 15.3 Å². The SMILES string of the molecule is C=CCN(CCO)C(=O)c1ccccc1NC(C)C. The quantitative estimate of drug-likeness (QED) is 0.740. The minimum absolute atomic E-state index is 0.0562. The average molecular weight is 262 g/mol. The van der Waals surface area contributed by atoms with Gasteiger partial charge in [-0.25, -0.2) is 0 Å². The van der Waals surface area contributed by atoms with Crippen LogP contribution in [0.5, 0.6) is 0 Å². The van der Waals surface area contributed by atoms with Crippen LogP contribution < -0.4 is 5.32 Å². The van der Waals surface area contributed by atoms with Crippen LogP contribution in [0.3, 0.4) is 0 Å². The van der Waals surface area contributed by atoms with Gasteiger partial charge in [0.15, 0.2) is 0 Å². The van der Waals surface area contributed by atoms with Gasteiger partial charge in [0, 0.05) is 24.8 Å². The summed E-state index contributed by atoms with van der Waals surface area (Å²) in [6.45, 7) is 8.36. The highest BCUT2D eigenvalue weighted by Crippen LogP contribution is 2.18. The van der Waals surface area contributed by atoms with Crippen molar-refractivity contribution in [1.82, 2.24) is 4.90 Å². The molecule has 0 atom stereocenters. The maximum Gasteiger partial charge on any atom is 0.256 e. The summed E-state index contributed by atoms with van der Waals surface area (Å²) in [5.41, 5.74) is 1.43. The van der Waals surface area contributed by atoms with Gasteiger partial charge in [0.25, 0.3) is 5.91 Å². The zero-order chi connectivity index (χ0) is 14.3. The monoisotopic (exact) mass is 262 g/mol. The molecule has 0 spiro atoms. The average Bonchev–Trinajstić information content (AvgIpc) is 2.38. The predicted octanol–water partition coefficient (Wildman–Crippen LogP) is 2.13. The van der Waals surface area contributed by atoms with Crippen molar-refractivity contribution in [3.63, 3.8) is 0 Å². The number of nitrogens with one attached hydrogen (secondary N) is 1. The van der Waals surface area contributed by atoms with E-state index in [1.54, 1.807) is 17.0 Å². The van der Waals surface area contributed by atoms with Gasteiger partial charge in [0.1, 0.15) is 0 Å². The summed E-state index contributed by atoms with van der Waals surface area (Å²) in [5, 5.41) is 12.3. The highest BCUT2D eigenvalue weighted by molar-refractivity contribution is 5.99. The lowest BCUT2D eigenvalue weighted by molar-refractivity contribution is 0.0744. The molecule has 0 aromatic heterocycles. The molecule has 1 amide bonds.